The molecule has 0 saturated carbocycles. The summed E-state index contributed by atoms with van der Waals surface area (Å²) in [5.41, 5.74) is -0.0301. The molecule has 1 N–H and O–H groups in total. The maximum Gasteiger partial charge on any atom is 0.311 e. The molecule has 5 nitrogen and oxygen atoms in total. The third-order valence-electron chi connectivity index (χ3n) is 2.78. The zero-order valence-electron chi connectivity index (χ0n) is 10.9. The van der Waals surface area contributed by atoms with Gasteiger partial charge in [0.1, 0.15) is 5.75 Å². The molecule has 0 aliphatic rings. The number of hydrogen-bond donors (Lipinski definition) is 1. The van der Waals surface area contributed by atoms with Gasteiger partial charge < -0.3 is 9.84 Å². The van der Waals surface area contributed by atoms with Crippen molar-refractivity contribution in [2.45, 2.75) is 13.0 Å². The summed E-state index contributed by atoms with van der Waals surface area (Å²) in [5.74, 6) is -2.35. The summed E-state index contributed by atoms with van der Waals surface area (Å²) < 4.78 is 31.1. The number of ether oxygens (including phenoxy) is 1. The molecule has 0 fully saturated rings. The predicted molar refractivity (Wildman–Crippen MR) is 70.2 cm³/mol. The van der Waals surface area contributed by atoms with Crippen LogP contribution in [0.2, 0.25) is 0 Å². The summed E-state index contributed by atoms with van der Waals surface area (Å²) in [5, 5.41) is 20.4. The standard InChI is InChI=1S/C14H11F2NO4/c1-8(18)9-2-5-14(13(6-9)17(19)20)21-10-3-4-11(15)12(16)7-10/h2-8,18H,1H3/t8-/m0/s1. The van der Waals surface area contributed by atoms with Crippen LogP contribution in [0.25, 0.3) is 0 Å². The van der Waals surface area contributed by atoms with Crippen LogP contribution in [0.15, 0.2) is 36.4 Å². The monoisotopic (exact) mass is 295 g/mol. The van der Waals surface area contributed by atoms with E-state index in [0.29, 0.717) is 5.56 Å². The number of halogens is 2. The van der Waals surface area contributed by atoms with Crippen LogP contribution >= 0.6 is 0 Å². The summed E-state index contributed by atoms with van der Waals surface area (Å²) >= 11 is 0. The zero-order chi connectivity index (χ0) is 15.6. The van der Waals surface area contributed by atoms with Gasteiger partial charge in [-0.05, 0) is 30.7 Å². The van der Waals surface area contributed by atoms with Crippen LogP contribution in [0, 0.1) is 21.7 Å². The fourth-order valence-electron chi connectivity index (χ4n) is 1.69. The first kappa shape index (κ1) is 14.9. The van der Waals surface area contributed by atoms with Crippen LogP contribution in [0.1, 0.15) is 18.6 Å². The SMILES string of the molecule is C[C@H](O)c1ccc(Oc2ccc(F)c(F)c2)c([N+](=O)[O-])c1. The number of nitro groups is 1. The van der Waals surface area contributed by atoms with Crippen LogP contribution in [-0.4, -0.2) is 10.0 Å². The first-order valence-corrected chi connectivity index (χ1v) is 5.98. The summed E-state index contributed by atoms with van der Waals surface area (Å²) in [6.45, 7) is 1.47. The molecule has 0 radical (unpaired) electrons. The lowest BCUT2D eigenvalue weighted by molar-refractivity contribution is -0.385. The second-order valence-electron chi connectivity index (χ2n) is 4.34. The zero-order valence-corrected chi connectivity index (χ0v) is 10.9. The second kappa shape index (κ2) is 5.84. The number of rotatable bonds is 4. The van der Waals surface area contributed by atoms with Gasteiger partial charge in [0, 0.05) is 12.1 Å². The Morgan fingerprint density at radius 2 is 1.90 bits per heavy atom. The van der Waals surface area contributed by atoms with Crippen molar-refractivity contribution in [1.82, 2.24) is 0 Å². The molecule has 0 bridgehead atoms. The molecule has 2 aromatic rings. The number of nitro benzene ring substituents is 1. The van der Waals surface area contributed by atoms with Crippen LogP contribution in [0.5, 0.6) is 11.5 Å². The lowest BCUT2D eigenvalue weighted by Gasteiger charge is -2.09. The largest absolute Gasteiger partial charge is 0.450 e. The van der Waals surface area contributed by atoms with Crippen molar-refractivity contribution >= 4 is 5.69 Å². The maximum absolute atomic E-state index is 13.1. The summed E-state index contributed by atoms with van der Waals surface area (Å²) in [7, 11) is 0. The molecule has 0 amide bonds. The van der Waals surface area contributed by atoms with Crippen molar-refractivity contribution in [1.29, 1.82) is 0 Å². The van der Waals surface area contributed by atoms with Gasteiger partial charge in [0.05, 0.1) is 11.0 Å². The van der Waals surface area contributed by atoms with Crippen molar-refractivity contribution < 1.29 is 23.5 Å². The average Bonchev–Trinajstić information content (AvgIpc) is 2.43. The van der Waals surface area contributed by atoms with Crippen molar-refractivity contribution in [2.75, 3.05) is 0 Å². The van der Waals surface area contributed by atoms with Gasteiger partial charge >= 0.3 is 5.69 Å². The number of benzene rings is 2. The van der Waals surface area contributed by atoms with Crippen LogP contribution < -0.4 is 4.74 Å². The van der Waals surface area contributed by atoms with Crippen molar-refractivity contribution in [2.24, 2.45) is 0 Å². The van der Waals surface area contributed by atoms with E-state index in [1.165, 1.54) is 25.1 Å². The average molecular weight is 295 g/mol. The van der Waals surface area contributed by atoms with Gasteiger partial charge in [0.15, 0.2) is 11.6 Å². The van der Waals surface area contributed by atoms with Gasteiger partial charge in [-0.2, -0.15) is 0 Å². The molecule has 0 saturated heterocycles. The topological polar surface area (TPSA) is 72.6 Å². The van der Waals surface area contributed by atoms with E-state index in [9.17, 15) is 24.0 Å². The minimum Gasteiger partial charge on any atom is -0.450 e. The summed E-state index contributed by atoms with van der Waals surface area (Å²) in [4.78, 5) is 10.3. The molecule has 0 heterocycles. The lowest BCUT2D eigenvalue weighted by atomic mass is 10.1. The molecule has 2 aromatic carbocycles. The van der Waals surface area contributed by atoms with Crippen molar-refractivity contribution in [3.8, 4) is 11.5 Å². The van der Waals surface area contributed by atoms with E-state index in [1.807, 2.05) is 0 Å². The van der Waals surface area contributed by atoms with Crippen molar-refractivity contribution in [3.05, 3.63) is 63.7 Å². The molecular weight excluding hydrogens is 284 g/mol. The Kier molecular flexibility index (Phi) is 4.13. The van der Waals surface area contributed by atoms with Crippen LogP contribution in [0.4, 0.5) is 14.5 Å². The molecule has 2 rings (SSSR count). The fraction of sp³-hybridized carbons (Fsp3) is 0.143. The third-order valence-corrected chi connectivity index (χ3v) is 2.78. The summed E-state index contributed by atoms with van der Waals surface area (Å²) in [6.07, 6.45) is -0.874. The Morgan fingerprint density at radius 3 is 2.48 bits per heavy atom. The Bertz CT molecular complexity index is 689. The molecule has 110 valence electrons. The Morgan fingerprint density at radius 1 is 1.19 bits per heavy atom. The highest BCUT2D eigenvalue weighted by atomic mass is 19.2. The Labute approximate surface area is 118 Å². The number of aliphatic hydroxyl groups is 1. The van der Waals surface area contributed by atoms with Crippen molar-refractivity contribution in [3.63, 3.8) is 0 Å². The smallest absolute Gasteiger partial charge is 0.311 e. The molecule has 1 atom stereocenters. The first-order chi connectivity index (χ1) is 9.88. The molecule has 0 aliphatic carbocycles. The van der Waals surface area contributed by atoms with Gasteiger partial charge in [-0.25, -0.2) is 8.78 Å². The van der Waals surface area contributed by atoms with Gasteiger partial charge in [-0.3, -0.25) is 10.1 Å². The number of nitrogens with zero attached hydrogens (tertiary/aromatic N) is 1. The molecule has 0 aliphatic heterocycles. The molecule has 21 heavy (non-hydrogen) atoms. The minimum absolute atomic E-state index is 0.0678. The molecule has 0 unspecified atom stereocenters. The highest BCUT2D eigenvalue weighted by Crippen LogP contribution is 2.34. The van der Waals surface area contributed by atoms with E-state index >= 15 is 0 Å². The Balaban J connectivity index is 2.39. The summed E-state index contributed by atoms with van der Waals surface area (Å²) in [6, 6.07) is 6.72. The highest BCUT2D eigenvalue weighted by Gasteiger charge is 2.18. The van der Waals surface area contributed by atoms with E-state index in [-0.39, 0.29) is 17.2 Å². The van der Waals surface area contributed by atoms with E-state index in [0.717, 1.165) is 18.2 Å². The van der Waals surface area contributed by atoms with Crippen LogP contribution in [-0.2, 0) is 0 Å². The van der Waals surface area contributed by atoms with Crippen LogP contribution in [0.3, 0.4) is 0 Å². The number of aliphatic hydroxyl groups excluding tert-OH is 1. The molecular formula is C14H11F2NO4. The minimum atomic E-state index is -1.12. The van der Waals surface area contributed by atoms with Gasteiger partial charge in [0.2, 0.25) is 5.75 Å². The molecule has 0 aromatic heterocycles. The highest BCUT2D eigenvalue weighted by molar-refractivity contribution is 5.51. The van der Waals surface area contributed by atoms with E-state index in [2.05, 4.69) is 0 Å². The fourth-order valence-corrected chi connectivity index (χ4v) is 1.69. The number of hydrogen-bond acceptors (Lipinski definition) is 4. The molecule has 0 spiro atoms. The third kappa shape index (κ3) is 3.32. The maximum atomic E-state index is 13.1. The van der Waals surface area contributed by atoms with E-state index in [4.69, 9.17) is 4.74 Å². The van der Waals surface area contributed by atoms with Gasteiger partial charge in [-0.1, -0.05) is 6.07 Å². The molecule has 7 heteroatoms. The second-order valence-corrected chi connectivity index (χ2v) is 4.34. The normalized spacial score (nSPS) is 12.0. The van der Waals surface area contributed by atoms with Gasteiger partial charge in [0.25, 0.3) is 0 Å². The first-order valence-electron chi connectivity index (χ1n) is 5.98. The Hall–Kier alpha value is -2.54. The lowest BCUT2D eigenvalue weighted by Crippen LogP contribution is -1.98. The van der Waals surface area contributed by atoms with E-state index in [1.54, 1.807) is 0 Å². The van der Waals surface area contributed by atoms with E-state index < -0.39 is 22.7 Å². The van der Waals surface area contributed by atoms with Gasteiger partial charge in [-0.15, -0.1) is 0 Å². The predicted octanol–water partition coefficient (Wildman–Crippen LogP) is 3.72. The quantitative estimate of drug-likeness (QED) is 0.689.